The summed E-state index contributed by atoms with van der Waals surface area (Å²) in [4.78, 5) is 2.66. The Bertz CT molecular complexity index is 369. The zero-order chi connectivity index (χ0) is 11.5. The number of nitrogens with zero attached hydrogens (tertiary/aromatic N) is 1. The Morgan fingerprint density at radius 3 is 2.94 bits per heavy atom. The summed E-state index contributed by atoms with van der Waals surface area (Å²) in [5, 5.41) is 3.47. The van der Waals surface area contributed by atoms with E-state index in [1.807, 2.05) is 0 Å². The van der Waals surface area contributed by atoms with Gasteiger partial charge in [0.2, 0.25) is 0 Å². The van der Waals surface area contributed by atoms with Crippen LogP contribution in [0, 0.1) is 5.92 Å². The fourth-order valence-electron chi connectivity index (χ4n) is 3.16. The normalized spacial score (nSPS) is 25.5. The van der Waals surface area contributed by atoms with Crippen LogP contribution < -0.4 is 5.32 Å². The van der Waals surface area contributed by atoms with E-state index >= 15 is 0 Å². The van der Waals surface area contributed by atoms with Gasteiger partial charge in [-0.2, -0.15) is 0 Å². The van der Waals surface area contributed by atoms with Gasteiger partial charge in [0.25, 0.3) is 0 Å². The average Bonchev–Trinajstić information content (AvgIpc) is 2.76. The molecule has 0 saturated carbocycles. The van der Waals surface area contributed by atoms with Crippen LogP contribution in [0.3, 0.4) is 0 Å². The summed E-state index contributed by atoms with van der Waals surface area (Å²) in [6.45, 7) is 6.15. The molecule has 1 aromatic carbocycles. The maximum atomic E-state index is 3.47. The summed E-state index contributed by atoms with van der Waals surface area (Å²) >= 11 is 0. The van der Waals surface area contributed by atoms with Crippen LogP contribution in [0.1, 0.15) is 24.0 Å². The third-order valence-electron chi connectivity index (χ3n) is 4.11. The zero-order valence-electron chi connectivity index (χ0n) is 10.5. The Morgan fingerprint density at radius 1 is 1.24 bits per heavy atom. The van der Waals surface area contributed by atoms with Crippen LogP contribution in [0.25, 0.3) is 0 Å². The Morgan fingerprint density at radius 2 is 2.12 bits per heavy atom. The largest absolute Gasteiger partial charge is 0.316 e. The van der Waals surface area contributed by atoms with Crippen molar-refractivity contribution in [2.75, 3.05) is 26.2 Å². The first-order valence-electron chi connectivity index (χ1n) is 6.91. The molecule has 1 saturated heterocycles. The number of aryl methyl sites for hydroxylation is 1. The topological polar surface area (TPSA) is 15.3 Å². The first-order chi connectivity index (χ1) is 8.42. The van der Waals surface area contributed by atoms with Crippen molar-refractivity contribution in [2.24, 2.45) is 5.92 Å². The van der Waals surface area contributed by atoms with Crippen molar-refractivity contribution in [3.8, 4) is 0 Å². The molecule has 3 rings (SSSR count). The summed E-state index contributed by atoms with van der Waals surface area (Å²) in [7, 11) is 0. The average molecular weight is 230 g/mol. The molecule has 0 spiro atoms. The van der Waals surface area contributed by atoms with Gasteiger partial charge in [0.05, 0.1) is 0 Å². The minimum atomic E-state index is 0.875. The molecular weight excluding hydrogens is 208 g/mol. The minimum Gasteiger partial charge on any atom is -0.316 e. The number of benzene rings is 1. The molecule has 1 fully saturated rings. The monoisotopic (exact) mass is 230 g/mol. The minimum absolute atomic E-state index is 0.875. The molecule has 0 bridgehead atoms. The molecule has 2 heteroatoms. The van der Waals surface area contributed by atoms with Crippen LogP contribution in [0.5, 0.6) is 0 Å². The molecule has 0 radical (unpaired) electrons. The van der Waals surface area contributed by atoms with E-state index in [2.05, 4.69) is 34.5 Å². The van der Waals surface area contributed by atoms with Crippen LogP contribution in [0.2, 0.25) is 0 Å². The predicted molar refractivity (Wildman–Crippen MR) is 71.0 cm³/mol. The Balaban J connectivity index is 1.67. The molecule has 92 valence electrons. The molecule has 2 aliphatic rings. The standard InChI is InChI=1S/C15H22N2/c1-2-5-15-12-17(9-3-6-14(15)4-1)11-13-7-8-16-10-13/h1-2,4-5,13,16H,3,6-12H2. The van der Waals surface area contributed by atoms with Crippen molar-refractivity contribution in [3.05, 3.63) is 35.4 Å². The number of nitrogens with one attached hydrogen (secondary N) is 1. The van der Waals surface area contributed by atoms with Crippen LogP contribution in [0.15, 0.2) is 24.3 Å². The molecule has 1 unspecified atom stereocenters. The first kappa shape index (κ1) is 11.2. The van der Waals surface area contributed by atoms with E-state index in [1.165, 1.54) is 45.4 Å². The van der Waals surface area contributed by atoms with Gasteiger partial charge in [-0.3, -0.25) is 4.90 Å². The van der Waals surface area contributed by atoms with Crippen molar-refractivity contribution in [1.29, 1.82) is 0 Å². The van der Waals surface area contributed by atoms with Crippen LogP contribution >= 0.6 is 0 Å². The number of fused-ring (bicyclic) bond motifs is 1. The van der Waals surface area contributed by atoms with E-state index in [9.17, 15) is 0 Å². The molecular formula is C15H22N2. The van der Waals surface area contributed by atoms with E-state index in [-0.39, 0.29) is 0 Å². The van der Waals surface area contributed by atoms with Crippen molar-refractivity contribution in [1.82, 2.24) is 10.2 Å². The van der Waals surface area contributed by atoms with E-state index in [4.69, 9.17) is 0 Å². The lowest BCUT2D eigenvalue weighted by molar-refractivity contribution is 0.232. The fraction of sp³-hybridized carbons (Fsp3) is 0.600. The second-order valence-corrected chi connectivity index (χ2v) is 5.47. The van der Waals surface area contributed by atoms with E-state index in [1.54, 1.807) is 11.1 Å². The summed E-state index contributed by atoms with van der Waals surface area (Å²) in [6.07, 6.45) is 3.94. The van der Waals surface area contributed by atoms with Gasteiger partial charge in [-0.05, 0) is 55.9 Å². The van der Waals surface area contributed by atoms with Crippen molar-refractivity contribution in [2.45, 2.75) is 25.8 Å². The highest BCUT2D eigenvalue weighted by atomic mass is 15.1. The first-order valence-corrected chi connectivity index (χ1v) is 6.91. The molecule has 17 heavy (non-hydrogen) atoms. The second kappa shape index (κ2) is 5.19. The Hall–Kier alpha value is -0.860. The molecule has 1 atom stereocenters. The second-order valence-electron chi connectivity index (χ2n) is 5.47. The summed E-state index contributed by atoms with van der Waals surface area (Å²) in [6, 6.07) is 8.96. The van der Waals surface area contributed by atoms with Gasteiger partial charge in [0, 0.05) is 13.1 Å². The number of rotatable bonds is 2. The van der Waals surface area contributed by atoms with Gasteiger partial charge in [0.15, 0.2) is 0 Å². The quantitative estimate of drug-likeness (QED) is 0.836. The molecule has 2 heterocycles. The lowest BCUT2D eigenvalue weighted by Gasteiger charge is -2.23. The van der Waals surface area contributed by atoms with Gasteiger partial charge >= 0.3 is 0 Å². The van der Waals surface area contributed by atoms with Gasteiger partial charge in [-0.15, -0.1) is 0 Å². The summed E-state index contributed by atoms with van der Waals surface area (Å²) in [5.41, 5.74) is 3.12. The third-order valence-corrected chi connectivity index (χ3v) is 4.11. The maximum Gasteiger partial charge on any atom is 0.0236 e. The van der Waals surface area contributed by atoms with Crippen LogP contribution in [-0.2, 0) is 13.0 Å². The molecule has 0 aliphatic carbocycles. The smallest absolute Gasteiger partial charge is 0.0236 e. The zero-order valence-corrected chi connectivity index (χ0v) is 10.5. The third kappa shape index (κ3) is 2.70. The van der Waals surface area contributed by atoms with E-state index in [0.717, 1.165) is 12.5 Å². The highest BCUT2D eigenvalue weighted by molar-refractivity contribution is 5.28. The molecule has 0 amide bonds. The fourth-order valence-corrected chi connectivity index (χ4v) is 3.16. The molecule has 0 aromatic heterocycles. The van der Waals surface area contributed by atoms with Crippen LogP contribution in [0.4, 0.5) is 0 Å². The molecule has 1 N–H and O–H groups in total. The lowest BCUT2D eigenvalue weighted by Crippen LogP contribution is -2.30. The van der Waals surface area contributed by atoms with E-state index in [0.29, 0.717) is 0 Å². The highest BCUT2D eigenvalue weighted by Gasteiger charge is 2.20. The molecule has 2 nitrogen and oxygen atoms in total. The van der Waals surface area contributed by atoms with Gasteiger partial charge in [-0.25, -0.2) is 0 Å². The van der Waals surface area contributed by atoms with Gasteiger partial charge in [0.1, 0.15) is 0 Å². The predicted octanol–water partition coefficient (Wildman–Crippen LogP) is 2.04. The molecule has 1 aromatic rings. The van der Waals surface area contributed by atoms with Crippen LogP contribution in [-0.4, -0.2) is 31.1 Å². The number of hydrogen-bond acceptors (Lipinski definition) is 2. The van der Waals surface area contributed by atoms with Crippen molar-refractivity contribution in [3.63, 3.8) is 0 Å². The lowest BCUT2D eigenvalue weighted by atomic mass is 10.0. The maximum absolute atomic E-state index is 3.47. The number of hydrogen-bond donors (Lipinski definition) is 1. The van der Waals surface area contributed by atoms with E-state index < -0.39 is 0 Å². The van der Waals surface area contributed by atoms with Gasteiger partial charge < -0.3 is 5.32 Å². The highest BCUT2D eigenvalue weighted by Crippen LogP contribution is 2.20. The SMILES string of the molecule is c1ccc2c(c1)CCCN(CC1CCNC1)C2. The van der Waals surface area contributed by atoms with Gasteiger partial charge in [-0.1, -0.05) is 24.3 Å². The summed E-state index contributed by atoms with van der Waals surface area (Å²) in [5.74, 6) is 0.875. The Kier molecular flexibility index (Phi) is 3.44. The van der Waals surface area contributed by atoms with Crippen molar-refractivity contribution < 1.29 is 0 Å². The molecule has 2 aliphatic heterocycles. The Labute approximate surface area is 104 Å². The van der Waals surface area contributed by atoms with Crippen molar-refractivity contribution >= 4 is 0 Å². The summed E-state index contributed by atoms with van der Waals surface area (Å²) < 4.78 is 0.